The molecule has 5 nitrogen and oxygen atoms in total. The second-order valence-corrected chi connectivity index (χ2v) is 7.06. The molecule has 2 aromatic heterocycles. The summed E-state index contributed by atoms with van der Waals surface area (Å²) in [5.41, 5.74) is 10.4. The Morgan fingerprint density at radius 1 is 1.04 bits per heavy atom. The standard InChI is InChI=1S/C22H17FN4O/c23-15-8-6-13(7-9-15)14-10-18-20(19(28)11-14)21(24)17-12-25-27(22(17)26-18)16-4-2-1-3-5-16/h1-9,12,14H,10-11H2,(H2,24,26). The van der Waals surface area contributed by atoms with Crippen LogP contribution in [0.2, 0.25) is 0 Å². The van der Waals surface area contributed by atoms with Gasteiger partial charge < -0.3 is 5.73 Å². The van der Waals surface area contributed by atoms with Crippen molar-refractivity contribution in [3.05, 3.63) is 83.4 Å². The molecule has 0 saturated carbocycles. The number of nitrogen functional groups attached to an aromatic ring is 1. The summed E-state index contributed by atoms with van der Waals surface area (Å²) in [5, 5.41) is 5.11. The number of pyridine rings is 1. The minimum atomic E-state index is -0.290. The third-order valence-electron chi connectivity index (χ3n) is 5.33. The molecule has 1 atom stereocenters. The Bertz CT molecular complexity index is 1200. The second-order valence-electron chi connectivity index (χ2n) is 7.06. The molecule has 6 heteroatoms. The van der Waals surface area contributed by atoms with Crippen LogP contribution < -0.4 is 5.73 Å². The van der Waals surface area contributed by atoms with Crippen LogP contribution in [0.5, 0.6) is 0 Å². The van der Waals surface area contributed by atoms with Crippen molar-refractivity contribution in [2.75, 3.05) is 5.73 Å². The van der Waals surface area contributed by atoms with Crippen LogP contribution in [0.25, 0.3) is 16.7 Å². The Hall–Kier alpha value is -3.54. The summed E-state index contributed by atoms with van der Waals surface area (Å²) >= 11 is 0. The first-order valence-corrected chi connectivity index (χ1v) is 9.12. The second kappa shape index (κ2) is 6.27. The smallest absolute Gasteiger partial charge is 0.167 e. The maximum atomic E-state index is 13.3. The van der Waals surface area contributed by atoms with Crippen LogP contribution in [0.3, 0.4) is 0 Å². The minimum absolute atomic E-state index is 0.0325. The number of para-hydroxylation sites is 1. The number of carbonyl (C=O) groups excluding carboxylic acids is 1. The molecule has 1 aliphatic carbocycles. The number of aromatic nitrogens is 3. The molecule has 4 aromatic rings. The lowest BCUT2D eigenvalue weighted by molar-refractivity contribution is 0.0964. The molecule has 0 fully saturated rings. The van der Waals surface area contributed by atoms with Crippen molar-refractivity contribution in [3.8, 4) is 5.69 Å². The topological polar surface area (TPSA) is 73.8 Å². The lowest BCUT2D eigenvalue weighted by Gasteiger charge is -2.24. The highest BCUT2D eigenvalue weighted by atomic mass is 19.1. The van der Waals surface area contributed by atoms with Gasteiger partial charge in [-0.25, -0.2) is 14.1 Å². The molecule has 1 unspecified atom stereocenters. The van der Waals surface area contributed by atoms with Crippen LogP contribution in [-0.4, -0.2) is 20.5 Å². The number of carbonyl (C=O) groups is 1. The fourth-order valence-electron chi connectivity index (χ4n) is 3.93. The van der Waals surface area contributed by atoms with E-state index in [-0.39, 0.29) is 17.5 Å². The Balaban J connectivity index is 1.64. The number of anilines is 1. The first kappa shape index (κ1) is 16.6. The number of nitrogens with zero attached hydrogens (tertiary/aromatic N) is 3. The summed E-state index contributed by atoms with van der Waals surface area (Å²) in [6.45, 7) is 0. The van der Waals surface area contributed by atoms with E-state index in [1.165, 1.54) is 12.1 Å². The number of fused-ring (bicyclic) bond motifs is 2. The third-order valence-corrected chi connectivity index (χ3v) is 5.33. The third kappa shape index (κ3) is 2.57. The Morgan fingerprint density at radius 2 is 1.79 bits per heavy atom. The number of halogens is 1. The van der Waals surface area contributed by atoms with E-state index < -0.39 is 0 Å². The van der Waals surface area contributed by atoms with E-state index in [0.717, 1.165) is 11.3 Å². The van der Waals surface area contributed by atoms with E-state index in [1.54, 1.807) is 23.0 Å². The predicted molar refractivity (Wildman–Crippen MR) is 105 cm³/mol. The SMILES string of the molecule is Nc1c2c(nc3c1cnn3-c1ccccc1)CC(c1ccc(F)cc1)CC2=O. The van der Waals surface area contributed by atoms with E-state index in [9.17, 15) is 9.18 Å². The average Bonchev–Trinajstić information content (AvgIpc) is 3.13. The molecule has 2 aromatic carbocycles. The van der Waals surface area contributed by atoms with Gasteiger partial charge >= 0.3 is 0 Å². The highest BCUT2D eigenvalue weighted by Crippen LogP contribution is 2.37. The van der Waals surface area contributed by atoms with Gasteiger partial charge in [0.15, 0.2) is 11.4 Å². The van der Waals surface area contributed by atoms with E-state index in [2.05, 4.69) is 5.10 Å². The molecule has 5 rings (SSSR count). The molecule has 0 radical (unpaired) electrons. The van der Waals surface area contributed by atoms with Gasteiger partial charge in [0.25, 0.3) is 0 Å². The van der Waals surface area contributed by atoms with Gasteiger partial charge in [0.2, 0.25) is 0 Å². The quantitative estimate of drug-likeness (QED) is 0.576. The zero-order chi connectivity index (χ0) is 19.3. The summed E-state index contributed by atoms with van der Waals surface area (Å²) in [6, 6.07) is 16.0. The van der Waals surface area contributed by atoms with Crippen LogP contribution in [0.4, 0.5) is 10.1 Å². The summed E-state index contributed by atoms with van der Waals surface area (Å²) in [6.07, 6.45) is 2.57. The molecule has 138 valence electrons. The zero-order valence-corrected chi connectivity index (χ0v) is 15.0. The fraction of sp³-hybridized carbons (Fsp3) is 0.136. The van der Waals surface area contributed by atoms with Crippen LogP contribution in [0, 0.1) is 5.82 Å². The maximum absolute atomic E-state index is 13.3. The van der Waals surface area contributed by atoms with Crippen molar-refractivity contribution in [1.29, 1.82) is 0 Å². The van der Waals surface area contributed by atoms with Gasteiger partial charge in [-0.15, -0.1) is 0 Å². The Morgan fingerprint density at radius 3 is 2.54 bits per heavy atom. The number of nitrogens with two attached hydrogens (primary N) is 1. The monoisotopic (exact) mass is 372 g/mol. The molecule has 0 saturated heterocycles. The Kier molecular flexibility index (Phi) is 3.72. The molecule has 0 amide bonds. The van der Waals surface area contributed by atoms with E-state index >= 15 is 0 Å². The van der Waals surface area contributed by atoms with Gasteiger partial charge in [0.1, 0.15) is 5.82 Å². The highest BCUT2D eigenvalue weighted by molar-refractivity contribution is 6.09. The molecular formula is C22H17FN4O. The molecule has 28 heavy (non-hydrogen) atoms. The zero-order valence-electron chi connectivity index (χ0n) is 15.0. The highest BCUT2D eigenvalue weighted by Gasteiger charge is 2.31. The van der Waals surface area contributed by atoms with Crippen molar-refractivity contribution in [2.24, 2.45) is 0 Å². The summed E-state index contributed by atoms with van der Waals surface area (Å²) in [5.74, 6) is -0.366. The van der Waals surface area contributed by atoms with Crippen molar-refractivity contribution in [1.82, 2.24) is 14.8 Å². The predicted octanol–water partition coefficient (Wildman–Crippen LogP) is 4.05. The number of Topliss-reactive ketones (excluding diaryl/α,β-unsaturated/α-hetero) is 1. The van der Waals surface area contributed by atoms with Crippen molar-refractivity contribution in [2.45, 2.75) is 18.8 Å². The van der Waals surface area contributed by atoms with Crippen LogP contribution in [0.15, 0.2) is 60.8 Å². The van der Waals surface area contributed by atoms with Crippen LogP contribution >= 0.6 is 0 Å². The lowest BCUT2D eigenvalue weighted by atomic mass is 9.81. The van der Waals surface area contributed by atoms with Gasteiger partial charge in [-0.2, -0.15) is 5.10 Å². The number of hydrogen-bond acceptors (Lipinski definition) is 4. The van der Waals surface area contributed by atoms with Crippen molar-refractivity contribution in [3.63, 3.8) is 0 Å². The van der Waals surface area contributed by atoms with Gasteiger partial charge in [-0.05, 0) is 42.2 Å². The number of hydrogen-bond donors (Lipinski definition) is 1. The first-order chi connectivity index (χ1) is 13.6. The minimum Gasteiger partial charge on any atom is -0.397 e. The largest absolute Gasteiger partial charge is 0.397 e. The molecule has 2 heterocycles. The Labute approximate surface area is 160 Å². The molecule has 0 aliphatic heterocycles. The van der Waals surface area contributed by atoms with Gasteiger partial charge in [0.05, 0.1) is 34.2 Å². The number of benzene rings is 2. The van der Waals surface area contributed by atoms with Gasteiger partial charge in [-0.3, -0.25) is 4.79 Å². The summed E-state index contributed by atoms with van der Waals surface area (Å²) in [7, 11) is 0. The fourth-order valence-corrected chi connectivity index (χ4v) is 3.93. The molecule has 1 aliphatic rings. The van der Waals surface area contributed by atoms with Crippen LogP contribution in [-0.2, 0) is 6.42 Å². The summed E-state index contributed by atoms with van der Waals surface area (Å²) < 4.78 is 15.0. The summed E-state index contributed by atoms with van der Waals surface area (Å²) in [4.78, 5) is 17.6. The lowest BCUT2D eigenvalue weighted by Crippen LogP contribution is -2.22. The number of ketones is 1. The van der Waals surface area contributed by atoms with E-state index in [0.29, 0.717) is 40.8 Å². The van der Waals surface area contributed by atoms with Crippen LogP contribution in [0.1, 0.15) is 34.0 Å². The molecular weight excluding hydrogens is 355 g/mol. The number of rotatable bonds is 2. The van der Waals surface area contributed by atoms with Gasteiger partial charge in [0, 0.05) is 6.42 Å². The molecule has 2 N–H and O–H groups in total. The first-order valence-electron chi connectivity index (χ1n) is 9.12. The van der Waals surface area contributed by atoms with Crippen molar-refractivity contribution >= 4 is 22.5 Å². The maximum Gasteiger partial charge on any atom is 0.167 e. The van der Waals surface area contributed by atoms with E-state index in [1.807, 2.05) is 30.3 Å². The molecule has 0 spiro atoms. The normalized spacial score (nSPS) is 16.3. The van der Waals surface area contributed by atoms with E-state index in [4.69, 9.17) is 10.7 Å². The average molecular weight is 372 g/mol. The van der Waals surface area contributed by atoms with Crippen molar-refractivity contribution < 1.29 is 9.18 Å². The molecule has 0 bridgehead atoms. The van der Waals surface area contributed by atoms with Gasteiger partial charge in [-0.1, -0.05) is 30.3 Å².